The molecule has 0 bridgehead atoms. The second-order valence-corrected chi connectivity index (χ2v) is 9.54. The Labute approximate surface area is 185 Å². The van der Waals surface area contributed by atoms with Crippen LogP contribution in [-0.2, 0) is 11.2 Å². The van der Waals surface area contributed by atoms with E-state index in [-0.39, 0.29) is 23.2 Å². The van der Waals surface area contributed by atoms with Crippen LogP contribution >= 0.6 is 0 Å². The second-order valence-electron chi connectivity index (χ2n) is 9.54. The summed E-state index contributed by atoms with van der Waals surface area (Å²) < 4.78 is 12.2. The highest BCUT2D eigenvalue weighted by atomic mass is 16.5. The molecule has 1 fully saturated rings. The molecule has 1 aliphatic rings. The zero-order valence-corrected chi connectivity index (χ0v) is 19.3. The first-order valence-electron chi connectivity index (χ1n) is 10.8. The third-order valence-electron chi connectivity index (χ3n) is 5.63. The molecular formula is C26H32N2O3. The van der Waals surface area contributed by atoms with Gasteiger partial charge in [-0.15, -0.1) is 0 Å². The van der Waals surface area contributed by atoms with Gasteiger partial charge in [0, 0.05) is 11.6 Å². The molecule has 1 amide bonds. The van der Waals surface area contributed by atoms with E-state index in [0.717, 1.165) is 30.4 Å². The number of nitrogens with one attached hydrogen (secondary N) is 1. The van der Waals surface area contributed by atoms with E-state index in [9.17, 15) is 10.1 Å². The molecule has 1 saturated heterocycles. The molecule has 0 aliphatic carbocycles. The van der Waals surface area contributed by atoms with Crippen LogP contribution < -0.4 is 10.1 Å². The molecule has 0 spiro atoms. The molecule has 0 aromatic heterocycles. The van der Waals surface area contributed by atoms with Crippen LogP contribution in [0.3, 0.4) is 0 Å². The smallest absolute Gasteiger partial charge is 0.251 e. The molecule has 5 heteroatoms. The van der Waals surface area contributed by atoms with Crippen LogP contribution in [-0.4, -0.2) is 23.2 Å². The third-order valence-corrected chi connectivity index (χ3v) is 5.63. The van der Waals surface area contributed by atoms with Crippen LogP contribution in [0.4, 0.5) is 0 Å². The summed E-state index contributed by atoms with van der Waals surface area (Å²) in [6, 6.07) is 13.3. The molecule has 0 unspecified atom stereocenters. The predicted molar refractivity (Wildman–Crippen MR) is 122 cm³/mol. The Bertz CT molecular complexity index is 1000. The van der Waals surface area contributed by atoms with E-state index in [1.807, 2.05) is 32.0 Å². The van der Waals surface area contributed by atoms with E-state index < -0.39 is 0 Å². The summed E-state index contributed by atoms with van der Waals surface area (Å²) in [7, 11) is 0. The molecule has 164 valence electrons. The fourth-order valence-corrected chi connectivity index (χ4v) is 4.57. The van der Waals surface area contributed by atoms with Gasteiger partial charge in [-0.1, -0.05) is 19.1 Å². The maximum atomic E-state index is 12.9. The Kier molecular flexibility index (Phi) is 6.43. The monoisotopic (exact) mass is 420 g/mol. The van der Waals surface area contributed by atoms with Gasteiger partial charge >= 0.3 is 0 Å². The molecule has 0 radical (unpaired) electrons. The first-order valence-corrected chi connectivity index (χ1v) is 10.8. The van der Waals surface area contributed by atoms with Crippen molar-refractivity contribution >= 4 is 5.91 Å². The minimum atomic E-state index is -0.279. The number of ether oxygens (including phenoxy) is 2. The van der Waals surface area contributed by atoms with Crippen molar-refractivity contribution in [3.63, 3.8) is 0 Å². The molecule has 0 atom stereocenters. The highest BCUT2D eigenvalue weighted by Crippen LogP contribution is 2.35. The molecule has 1 N–H and O–H groups in total. The van der Waals surface area contributed by atoms with Crippen molar-refractivity contribution in [3.05, 3.63) is 58.7 Å². The largest absolute Gasteiger partial charge is 0.456 e. The summed E-state index contributed by atoms with van der Waals surface area (Å²) in [5, 5.41) is 12.7. The van der Waals surface area contributed by atoms with Crippen LogP contribution in [0.15, 0.2) is 36.4 Å². The first-order chi connectivity index (χ1) is 14.5. The molecule has 1 aliphatic heterocycles. The predicted octanol–water partition coefficient (Wildman–Crippen LogP) is 5.69. The number of hydrogen-bond donors (Lipinski definition) is 1. The summed E-state index contributed by atoms with van der Waals surface area (Å²) in [6.45, 7) is 12.2. The van der Waals surface area contributed by atoms with E-state index in [4.69, 9.17) is 9.47 Å². The molecule has 3 rings (SSSR count). The Morgan fingerprint density at radius 3 is 2.42 bits per heavy atom. The normalized spacial score (nSPS) is 17.6. The minimum absolute atomic E-state index is 0.0532. The van der Waals surface area contributed by atoms with Gasteiger partial charge in [-0.2, -0.15) is 5.26 Å². The van der Waals surface area contributed by atoms with Crippen molar-refractivity contribution in [1.82, 2.24) is 5.32 Å². The molecule has 1 heterocycles. The maximum Gasteiger partial charge on any atom is 0.251 e. The molecule has 31 heavy (non-hydrogen) atoms. The Hall–Kier alpha value is -2.84. The topological polar surface area (TPSA) is 71.3 Å². The van der Waals surface area contributed by atoms with Gasteiger partial charge in [0.15, 0.2) is 0 Å². The quantitative estimate of drug-likeness (QED) is 0.675. The van der Waals surface area contributed by atoms with Crippen molar-refractivity contribution in [2.75, 3.05) is 0 Å². The Morgan fingerprint density at radius 2 is 1.84 bits per heavy atom. The van der Waals surface area contributed by atoms with Gasteiger partial charge in [0.25, 0.3) is 5.91 Å². The molecule has 2 aromatic carbocycles. The van der Waals surface area contributed by atoms with Crippen molar-refractivity contribution in [2.24, 2.45) is 0 Å². The van der Waals surface area contributed by atoms with Crippen LogP contribution in [0.5, 0.6) is 11.5 Å². The Morgan fingerprint density at radius 1 is 1.16 bits per heavy atom. The number of hydrogen-bond acceptors (Lipinski definition) is 4. The van der Waals surface area contributed by atoms with Crippen LogP contribution in [0.2, 0.25) is 0 Å². The fourth-order valence-electron chi connectivity index (χ4n) is 4.57. The summed E-state index contributed by atoms with van der Waals surface area (Å²) in [5.74, 6) is 1.07. The van der Waals surface area contributed by atoms with E-state index in [1.54, 1.807) is 18.2 Å². The van der Waals surface area contributed by atoms with E-state index in [0.29, 0.717) is 22.6 Å². The fraction of sp³-hybridized carbons (Fsp3) is 0.462. The van der Waals surface area contributed by atoms with Gasteiger partial charge in [-0.25, -0.2) is 0 Å². The molecule has 5 nitrogen and oxygen atoms in total. The number of aryl methyl sites for hydroxylation is 2. The summed E-state index contributed by atoms with van der Waals surface area (Å²) in [6.07, 6.45) is 2.30. The standard InChI is InChI=1S/C26H32N2O3/c1-7-18-9-8-10-23(21(18)16-27)30-22-12-11-19(13-17(22)2)24(29)28-20-14-25(3,4)31-26(5,6)15-20/h8-13,20H,7,14-15H2,1-6H3,(H,28,29). The van der Waals surface area contributed by atoms with Gasteiger partial charge in [-0.05, 0) is 89.3 Å². The summed E-state index contributed by atoms with van der Waals surface area (Å²) in [5.41, 5.74) is 2.38. The lowest BCUT2D eigenvalue weighted by Crippen LogP contribution is -2.53. The second kappa shape index (κ2) is 8.72. The Balaban J connectivity index is 1.75. The van der Waals surface area contributed by atoms with E-state index >= 15 is 0 Å². The van der Waals surface area contributed by atoms with Crippen LogP contribution in [0.25, 0.3) is 0 Å². The molecule has 0 saturated carbocycles. The molecular weight excluding hydrogens is 388 g/mol. The lowest BCUT2D eigenvalue weighted by molar-refractivity contribution is -0.162. The van der Waals surface area contributed by atoms with Crippen molar-refractivity contribution in [1.29, 1.82) is 5.26 Å². The van der Waals surface area contributed by atoms with Gasteiger partial charge in [-0.3, -0.25) is 4.79 Å². The van der Waals surface area contributed by atoms with Gasteiger partial charge in [0.1, 0.15) is 17.6 Å². The zero-order chi connectivity index (χ0) is 22.8. The highest BCUT2D eigenvalue weighted by molar-refractivity contribution is 5.94. The minimum Gasteiger partial charge on any atom is -0.456 e. The van der Waals surface area contributed by atoms with Crippen molar-refractivity contribution in [2.45, 2.75) is 78.0 Å². The lowest BCUT2D eigenvalue weighted by atomic mass is 9.85. The van der Waals surface area contributed by atoms with Crippen LogP contribution in [0.1, 0.15) is 74.5 Å². The first kappa shape index (κ1) is 22.8. The number of rotatable bonds is 5. The van der Waals surface area contributed by atoms with Gasteiger partial charge in [0.05, 0.1) is 16.8 Å². The zero-order valence-electron chi connectivity index (χ0n) is 19.3. The third kappa shape index (κ3) is 5.45. The number of carbonyl (C=O) groups is 1. The van der Waals surface area contributed by atoms with E-state index in [2.05, 4.69) is 39.1 Å². The number of benzene rings is 2. The van der Waals surface area contributed by atoms with E-state index in [1.165, 1.54) is 0 Å². The van der Waals surface area contributed by atoms with Crippen molar-refractivity contribution in [3.8, 4) is 17.6 Å². The number of amides is 1. The van der Waals surface area contributed by atoms with Gasteiger partial charge < -0.3 is 14.8 Å². The van der Waals surface area contributed by atoms with Gasteiger partial charge in [0.2, 0.25) is 0 Å². The van der Waals surface area contributed by atoms with Crippen molar-refractivity contribution < 1.29 is 14.3 Å². The number of nitrogens with zero attached hydrogens (tertiary/aromatic N) is 1. The lowest BCUT2D eigenvalue weighted by Gasteiger charge is -2.45. The number of nitriles is 1. The molecule has 2 aromatic rings. The average Bonchev–Trinajstić information content (AvgIpc) is 2.66. The highest BCUT2D eigenvalue weighted by Gasteiger charge is 2.39. The SMILES string of the molecule is CCc1cccc(Oc2ccc(C(=O)NC3CC(C)(C)OC(C)(C)C3)cc2C)c1C#N. The summed E-state index contributed by atoms with van der Waals surface area (Å²) >= 11 is 0. The van der Waals surface area contributed by atoms with Crippen LogP contribution in [0, 0.1) is 18.3 Å². The maximum absolute atomic E-state index is 12.9. The average molecular weight is 421 g/mol. The summed E-state index contributed by atoms with van der Waals surface area (Å²) in [4.78, 5) is 12.9. The number of carbonyl (C=O) groups excluding carboxylic acids is 1.